The molecule has 1 aliphatic heterocycles. The van der Waals surface area contributed by atoms with Gasteiger partial charge in [-0.15, -0.1) is 0 Å². The van der Waals surface area contributed by atoms with Crippen LogP contribution >= 0.6 is 0 Å². The molecule has 76 valence electrons. The second kappa shape index (κ2) is 4.13. The summed E-state index contributed by atoms with van der Waals surface area (Å²) in [4.78, 5) is 13.2. The molecule has 1 aromatic carbocycles. The van der Waals surface area contributed by atoms with Crippen LogP contribution < -0.4 is 0 Å². The Balaban J connectivity index is 2.32. The Bertz CT molecular complexity index is 406. The van der Waals surface area contributed by atoms with Gasteiger partial charge in [0.25, 0.3) is 0 Å². The topological polar surface area (TPSA) is 20.3 Å². The molecule has 2 nitrogen and oxygen atoms in total. The van der Waals surface area contributed by atoms with Crippen LogP contribution in [-0.4, -0.2) is 10.8 Å². The molecule has 0 fully saturated rings. The highest BCUT2D eigenvalue weighted by atomic mass is 16.2. The summed E-state index contributed by atoms with van der Waals surface area (Å²) < 4.78 is 0. The molecule has 2 heteroatoms. The van der Waals surface area contributed by atoms with Crippen molar-refractivity contribution in [2.24, 2.45) is 0 Å². The summed E-state index contributed by atoms with van der Waals surface area (Å²) in [6.45, 7) is 1.58. The average molecular weight is 199 g/mol. The van der Waals surface area contributed by atoms with Crippen LogP contribution in [0.2, 0.25) is 0 Å². The van der Waals surface area contributed by atoms with Gasteiger partial charge in [0.2, 0.25) is 5.91 Å². The van der Waals surface area contributed by atoms with Gasteiger partial charge >= 0.3 is 0 Å². The van der Waals surface area contributed by atoms with Crippen molar-refractivity contribution < 1.29 is 4.79 Å². The molecule has 1 unspecified atom stereocenters. The van der Waals surface area contributed by atoms with Crippen LogP contribution in [0.25, 0.3) is 0 Å². The minimum Gasteiger partial charge on any atom is -0.308 e. The van der Waals surface area contributed by atoms with Crippen LogP contribution in [0.5, 0.6) is 0 Å². The monoisotopic (exact) mass is 199 g/mol. The molecule has 0 aliphatic carbocycles. The molecule has 0 spiro atoms. The van der Waals surface area contributed by atoms with Crippen molar-refractivity contribution in [1.29, 1.82) is 0 Å². The normalized spacial score (nSPS) is 19.3. The summed E-state index contributed by atoms with van der Waals surface area (Å²) in [6, 6.07) is 10.0. The van der Waals surface area contributed by atoms with Crippen molar-refractivity contribution in [3.05, 3.63) is 60.3 Å². The van der Waals surface area contributed by atoms with E-state index in [9.17, 15) is 4.79 Å². The third kappa shape index (κ3) is 1.99. The van der Waals surface area contributed by atoms with E-state index < -0.39 is 0 Å². The summed E-state index contributed by atoms with van der Waals surface area (Å²) in [5.74, 6) is 0.0597. The average Bonchev–Trinajstić information content (AvgIpc) is 2.30. The Labute approximate surface area is 89.5 Å². The Hall–Kier alpha value is -1.83. The van der Waals surface area contributed by atoms with Crippen LogP contribution in [0, 0.1) is 0 Å². The Morgan fingerprint density at radius 2 is 1.93 bits per heavy atom. The van der Waals surface area contributed by atoms with E-state index in [1.165, 1.54) is 0 Å². The molecule has 0 aromatic heterocycles. The largest absolute Gasteiger partial charge is 0.308 e. The maximum atomic E-state index is 11.4. The lowest BCUT2D eigenvalue weighted by Gasteiger charge is -2.27. The molecule has 0 saturated heterocycles. The zero-order chi connectivity index (χ0) is 10.7. The van der Waals surface area contributed by atoms with Crippen molar-refractivity contribution in [3.63, 3.8) is 0 Å². The number of carbonyl (C=O) groups is 1. The van der Waals surface area contributed by atoms with Gasteiger partial charge < -0.3 is 4.90 Å². The molecular weight excluding hydrogens is 186 g/mol. The van der Waals surface area contributed by atoms with E-state index in [1.807, 2.05) is 54.8 Å². The molecule has 0 bridgehead atoms. The van der Waals surface area contributed by atoms with Gasteiger partial charge in [-0.25, -0.2) is 0 Å². The minimum absolute atomic E-state index is 0.0358. The number of allylic oxidation sites excluding steroid dienone is 2. The SMILES string of the molecule is CC(=O)N1C=CC=CC1c1ccccc1. The molecule has 1 atom stereocenters. The van der Waals surface area contributed by atoms with Gasteiger partial charge in [-0.2, -0.15) is 0 Å². The van der Waals surface area contributed by atoms with Gasteiger partial charge in [0.05, 0.1) is 6.04 Å². The fraction of sp³-hybridized carbons (Fsp3) is 0.154. The standard InChI is InChI=1S/C13H13NO/c1-11(15)14-10-6-5-9-13(14)12-7-3-2-4-8-12/h2-10,13H,1H3. The lowest BCUT2D eigenvalue weighted by molar-refractivity contribution is -0.127. The van der Waals surface area contributed by atoms with Gasteiger partial charge in [0, 0.05) is 13.1 Å². The third-order valence-electron chi connectivity index (χ3n) is 2.46. The maximum absolute atomic E-state index is 11.4. The van der Waals surface area contributed by atoms with Crippen molar-refractivity contribution >= 4 is 5.91 Å². The number of hydrogen-bond acceptors (Lipinski definition) is 1. The van der Waals surface area contributed by atoms with Crippen molar-refractivity contribution in [2.75, 3.05) is 0 Å². The molecule has 0 radical (unpaired) electrons. The van der Waals surface area contributed by atoms with Gasteiger partial charge in [0.1, 0.15) is 0 Å². The lowest BCUT2D eigenvalue weighted by Crippen LogP contribution is -2.28. The van der Waals surface area contributed by atoms with Gasteiger partial charge in [-0.1, -0.05) is 42.5 Å². The fourth-order valence-electron chi connectivity index (χ4n) is 1.72. The Morgan fingerprint density at radius 3 is 2.60 bits per heavy atom. The number of hydrogen-bond donors (Lipinski definition) is 0. The third-order valence-corrected chi connectivity index (χ3v) is 2.46. The number of amides is 1. The molecular formula is C13H13NO. The molecule has 2 rings (SSSR count). The zero-order valence-corrected chi connectivity index (χ0v) is 8.63. The van der Waals surface area contributed by atoms with E-state index >= 15 is 0 Å². The first-order chi connectivity index (χ1) is 7.29. The summed E-state index contributed by atoms with van der Waals surface area (Å²) in [6.07, 6.45) is 7.69. The first-order valence-corrected chi connectivity index (χ1v) is 4.98. The predicted octanol–water partition coefficient (Wildman–Crippen LogP) is 2.66. The molecule has 0 saturated carbocycles. The second-order valence-electron chi connectivity index (χ2n) is 3.51. The van der Waals surface area contributed by atoms with Crippen molar-refractivity contribution in [3.8, 4) is 0 Å². The first kappa shape index (κ1) is 9.71. The van der Waals surface area contributed by atoms with E-state index in [1.54, 1.807) is 11.8 Å². The molecule has 15 heavy (non-hydrogen) atoms. The summed E-state index contributed by atoms with van der Waals surface area (Å²) in [5.41, 5.74) is 1.13. The van der Waals surface area contributed by atoms with Gasteiger partial charge in [0.15, 0.2) is 0 Å². The Kier molecular flexibility index (Phi) is 2.68. The fourth-order valence-corrected chi connectivity index (χ4v) is 1.72. The molecule has 1 heterocycles. The van der Waals surface area contributed by atoms with Crippen LogP contribution in [-0.2, 0) is 4.79 Å². The first-order valence-electron chi connectivity index (χ1n) is 4.98. The molecule has 1 aliphatic rings. The van der Waals surface area contributed by atoms with Crippen molar-refractivity contribution in [2.45, 2.75) is 13.0 Å². The van der Waals surface area contributed by atoms with Crippen LogP contribution in [0.4, 0.5) is 0 Å². The smallest absolute Gasteiger partial charge is 0.224 e. The van der Waals surface area contributed by atoms with Gasteiger partial charge in [-0.05, 0) is 11.6 Å². The van der Waals surface area contributed by atoms with E-state index in [-0.39, 0.29) is 11.9 Å². The van der Waals surface area contributed by atoms with Crippen molar-refractivity contribution in [1.82, 2.24) is 4.90 Å². The van der Waals surface area contributed by atoms with Gasteiger partial charge in [-0.3, -0.25) is 4.79 Å². The number of nitrogens with zero attached hydrogens (tertiary/aromatic N) is 1. The van der Waals surface area contributed by atoms with Crippen LogP contribution in [0.15, 0.2) is 54.8 Å². The predicted molar refractivity (Wildman–Crippen MR) is 60.0 cm³/mol. The van der Waals surface area contributed by atoms with E-state index in [0.717, 1.165) is 5.56 Å². The van der Waals surface area contributed by atoms with Crippen LogP contribution in [0.1, 0.15) is 18.5 Å². The molecule has 0 N–H and O–H groups in total. The highest BCUT2D eigenvalue weighted by Crippen LogP contribution is 2.24. The van der Waals surface area contributed by atoms with E-state index in [0.29, 0.717) is 0 Å². The summed E-state index contributed by atoms with van der Waals surface area (Å²) in [7, 11) is 0. The highest BCUT2D eigenvalue weighted by Gasteiger charge is 2.19. The number of benzene rings is 1. The quantitative estimate of drug-likeness (QED) is 0.681. The zero-order valence-electron chi connectivity index (χ0n) is 8.63. The van der Waals surface area contributed by atoms with E-state index in [2.05, 4.69) is 0 Å². The summed E-state index contributed by atoms with van der Waals surface area (Å²) >= 11 is 0. The number of rotatable bonds is 1. The molecule has 1 amide bonds. The van der Waals surface area contributed by atoms with Crippen LogP contribution in [0.3, 0.4) is 0 Å². The molecule has 1 aromatic rings. The maximum Gasteiger partial charge on any atom is 0.224 e. The summed E-state index contributed by atoms with van der Waals surface area (Å²) in [5, 5.41) is 0. The van der Waals surface area contributed by atoms with E-state index in [4.69, 9.17) is 0 Å². The Morgan fingerprint density at radius 1 is 1.20 bits per heavy atom. The number of carbonyl (C=O) groups excluding carboxylic acids is 1. The second-order valence-corrected chi connectivity index (χ2v) is 3.51. The minimum atomic E-state index is 0.0358. The highest BCUT2D eigenvalue weighted by molar-refractivity contribution is 5.75. The lowest BCUT2D eigenvalue weighted by atomic mass is 10.0.